The zero-order valence-corrected chi connectivity index (χ0v) is 31.9. The van der Waals surface area contributed by atoms with Crippen molar-refractivity contribution in [3.05, 3.63) is 181 Å². The second-order valence-corrected chi connectivity index (χ2v) is 16.4. The van der Waals surface area contributed by atoms with Gasteiger partial charge in [0.2, 0.25) is 0 Å². The average Bonchev–Trinajstić information content (AvgIpc) is 3.83. The minimum atomic E-state index is 0.960. The molecule has 0 radical (unpaired) electrons. The molecule has 0 N–H and O–H groups in total. The highest BCUT2D eigenvalue weighted by molar-refractivity contribution is 7.26. The smallest absolute Gasteiger partial charge is 0.146 e. The SMILES string of the molecule is Cc1c(-c2cccc3c2sc2ccccc23)c(-n2c3ccc4c5ccccc5c5ccccc5c4c3c3ccc4ccccc4c32)nc2c1ccc1ccccc12. The van der Waals surface area contributed by atoms with Crippen LogP contribution in [0, 0.1) is 6.92 Å². The summed E-state index contributed by atoms with van der Waals surface area (Å²) in [4.78, 5) is 5.91. The van der Waals surface area contributed by atoms with Crippen LogP contribution in [-0.2, 0) is 0 Å². The molecule has 3 heterocycles. The van der Waals surface area contributed by atoms with Crippen molar-refractivity contribution in [1.82, 2.24) is 9.55 Å². The fourth-order valence-electron chi connectivity index (χ4n) is 10.1. The Kier molecular flexibility index (Phi) is 6.28. The third kappa shape index (κ3) is 4.16. The van der Waals surface area contributed by atoms with Crippen molar-refractivity contribution in [2.24, 2.45) is 0 Å². The van der Waals surface area contributed by atoms with Gasteiger partial charge in [0.25, 0.3) is 0 Å². The molecule has 0 saturated carbocycles. The van der Waals surface area contributed by atoms with Gasteiger partial charge in [-0.2, -0.15) is 0 Å². The summed E-state index contributed by atoms with van der Waals surface area (Å²) in [6, 6.07) is 64.9. The Bertz CT molecular complexity index is 3850. The molecule has 0 saturated heterocycles. The molecule has 2 nitrogen and oxygen atoms in total. The first kappa shape index (κ1) is 31.2. The average molecular weight is 741 g/mol. The van der Waals surface area contributed by atoms with Gasteiger partial charge in [0.15, 0.2) is 0 Å². The van der Waals surface area contributed by atoms with Gasteiger partial charge in [-0.15, -0.1) is 11.3 Å². The zero-order chi connectivity index (χ0) is 37.4. The number of aromatic nitrogens is 2. The Balaban J connectivity index is 1.30. The van der Waals surface area contributed by atoms with E-state index in [1.165, 1.54) is 112 Å². The zero-order valence-electron chi connectivity index (χ0n) is 31.0. The van der Waals surface area contributed by atoms with E-state index in [0.29, 0.717) is 0 Å². The van der Waals surface area contributed by atoms with E-state index in [9.17, 15) is 0 Å². The van der Waals surface area contributed by atoms with Crippen LogP contribution in [-0.4, -0.2) is 9.55 Å². The van der Waals surface area contributed by atoms with Crippen molar-refractivity contribution in [2.45, 2.75) is 6.92 Å². The van der Waals surface area contributed by atoms with Gasteiger partial charge in [-0.1, -0.05) is 164 Å². The number of rotatable bonds is 2. The summed E-state index contributed by atoms with van der Waals surface area (Å²) in [5.41, 5.74) is 6.99. The maximum absolute atomic E-state index is 5.91. The van der Waals surface area contributed by atoms with Crippen LogP contribution >= 0.6 is 11.3 Å². The van der Waals surface area contributed by atoms with E-state index < -0.39 is 0 Å². The molecule has 3 aromatic heterocycles. The summed E-state index contributed by atoms with van der Waals surface area (Å²) in [7, 11) is 0. The molecule has 0 amide bonds. The van der Waals surface area contributed by atoms with Gasteiger partial charge in [0.1, 0.15) is 5.82 Å². The highest BCUT2D eigenvalue weighted by Gasteiger charge is 2.26. The first-order valence-electron chi connectivity index (χ1n) is 19.6. The summed E-state index contributed by atoms with van der Waals surface area (Å²) in [5.74, 6) is 0.960. The molecule has 0 aliphatic carbocycles. The summed E-state index contributed by atoms with van der Waals surface area (Å²) in [6.07, 6.45) is 0. The van der Waals surface area contributed by atoms with Crippen LogP contribution in [0.2, 0.25) is 0 Å². The summed E-state index contributed by atoms with van der Waals surface area (Å²) >= 11 is 1.88. The van der Waals surface area contributed by atoms with E-state index >= 15 is 0 Å². The van der Waals surface area contributed by atoms with Gasteiger partial charge < -0.3 is 0 Å². The highest BCUT2D eigenvalue weighted by atomic mass is 32.1. The normalized spacial score (nSPS) is 12.3. The Morgan fingerprint density at radius 2 is 0.982 bits per heavy atom. The minimum Gasteiger partial charge on any atom is -0.293 e. The van der Waals surface area contributed by atoms with Crippen molar-refractivity contribution in [1.29, 1.82) is 0 Å². The molecule has 264 valence electrons. The summed E-state index contributed by atoms with van der Waals surface area (Å²) in [5, 5.41) is 18.7. The molecule has 0 aliphatic heterocycles. The fourth-order valence-corrected chi connectivity index (χ4v) is 11.3. The third-order valence-corrected chi connectivity index (χ3v) is 13.7. The highest BCUT2D eigenvalue weighted by Crippen LogP contribution is 2.49. The number of nitrogens with zero attached hydrogens (tertiary/aromatic N) is 2. The second kappa shape index (κ2) is 11.5. The number of hydrogen-bond donors (Lipinski definition) is 0. The molecule has 0 aliphatic rings. The van der Waals surface area contributed by atoms with E-state index in [1.807, 2.05) is 11.3 Å². The summed E-state index contributed by atoms with van der Waals surface area (Å²) in [6.45, 7) is 2.31. The molecule has 0 unspecified atom stereocenters. The minimum absolute atomic E-state index is 0.960. The molecule has 0 atom stereocenters. The lowest BCUT2D eigenvalue weighted by Crippen LogP contribution is -2.04. The van der Waals surface area contributed by atoms with Gasteiger partial charge in [0, 0.05) is 63.6 Å². The van der Waals surface area contributed by atoms with E-state index in [1.54, 1.807) is 0 Å². The molecule has 57 heavy (non-hydrogen) atoms. The number of thiophene rings is 1. The van der Waals surface area contributed by atoms with Crippen LogP contribution < -0.4 is 0 Å². The number of fused-ring (bicyclic) bond motifs is 18. The van der Waals surface area contributed by atoms with E-state index in [2.05, 4.69) is 187 Å². The molecule has 0 fully saturated rings. The first-order chi connectivity index (χ1) is 28.2. The third-order valence-electron chi connectivity index (χ3n) is 12.5. The van der Waals surface area contributed by atoms with Crippen molar-refractivity contribution in [3.63, 3.8) is 0 Å². The van der Waals surface area contributed by atoms with Crippen LogP contribution in [0.1, 0.15) is 5.56 Å². The molecular weight excluding hydrogens is 709 g/mol. The Labute approximate surface area is 331 Å². The largest absolute Gasteiger partial charge is 0.293 e. The van der Waals surface area contributed by atoms with Gasteiger partial charge in [0.05, 0.1) is 16.6 Å². The fraction of sp³-hybridized carbons (Fsp3) is 0.0185. The monoisotopic (exact) mass is 740 g/mol. The lowest BCUT2D eigenvalue weighted by atomic mass is 9.91. The Morgan fingerprint density at radius 3 is 1.75 bits per heavy atom. The van der Waals surface area contributed by atoms with Crippen LogP contribution in [0.25, 0.3) is 124 Å². The van der Waals surface area contributed by atoms with Crippen molar-refractivity contribution in [2.75, 3.05) is 0 Å². The predicted molar refractivity (Wildman–Crippen MR) is 247 cm³/mol. The lowest BCUT2D eigenvalue weighted by Gasteiger charge is -2.20. The van der Waals surface area contributed by atoms with Crippen molar-refractivity contribution in [3.8, 4) is 16.9 Å². The van der Waals surface area contributed by atoms with Gasteiger partial charge in [-0.05, 0) is 62.3 Å². The number of hydrogen-bond acceptors (Lipinski definition) is 2. The molecule has 13 aromatic rings. The molecule has 0 spiro atoms. The Morgan fingerprint density at radius 1 is 0.421 bits per heavy atom. The standard InChI is InChI=1S/C54H32N2S/c1-31-34-27-25-32-13-2-4-15-35(32)51(34)55-54(48(31)45-23-12-22-43-40-20-10-11-24-47(40)57-53(43)45)56-46-30-29-42-39-19-7-6-17-37(39)38-18-8-9-21-41(38)49(42)50(46)44-28-26-33-14-3-5-16-36(33)52(44)56/h2-30H,1H3. The van der Waals surface area contributed by atoms with Crippen LogP contribution in [0.4, 0.5) is 0 Å². The first-order valence-corrected chi connectivity index (χ1v) is 20.5. The number of benzene rings is 10. The number of pyridine rings is 1. The van der Waals surface area contributed by atoms with Gasteiger partial charge >= 0.3 is 0 Å². The molecular formula is C54H32N2S. The molecule has 13 rings (SSSR count). The predicted octanol–water partition coefficient (Wildman–Crippen LogP) is 15.4. The van der Waals surface area contributed by atoms with Crippen molar-refractivity contribution >= 4 is 118 Å². The maximum atomic E-state index is 5.91. The number of aryl methyl sites for hydroxylation is 1. The molecule has 0 bridgehead atoms. The molecule has 3 heteroatoms. The van der Waals surface area contributed by atoms with Gasteiger partial charge in [-0.3, -0.25) is 4.57 Å². The summed E-state index contributed by atoms with van der Waals surface area (Å²) < 4.78 is 5.11. The van der Waals surface area contributed by atoms with Crippen molar-refractivity contribution < 1.29 is 0 Å². The van der Waals surface area contributed by atoms with Crippen LogP contribution in [0.3, 0.4) is 0 Å². The van der Waals surface area contributed by atoms with E-state index in [-0.39, 0.29) is 0 Å². The van der Waals surface area contributed by atoms with E-state index in [4.69, 9.17) is 4.98 Å². The molecule has 10 aromatic carbocycles. The quantitative estimate of drug-likeness (QED) is 0.161. The topological polar surface area (TPSA) is 17.8 Å². The van der Waals surface area contributed by atoms with Crippen LogP contribution in [0.5, 0.6) is 0 Å². The second-order valence-electron chi connectivity index (χ2n) is 15.4. The van der Waals surface area contributed by atoms with E-state index in [0.717, 1.165) is 16.9 Å². The lowest BCUT2D eigenvalue weighted by molar-refractivity contribution is 1.11. The van der Waals surface area contributed by atoms with Crippen LogP contribution in [0.15, 0.2) is 176 Å². The Hall–Kier alpha value is -7.07. The van der Waals surface area contributed by atoms with Gasteiger partial charge in [-0.25, -0.2) is 4.98 Å². The maximum Gasteiger partial charge on any atom is 0.146 e.